The minimum Gasteiger partial charge on any atom is -0.346 e. The maximum atomic E-state index is 12.2. The van der Waals surface area contributed by atoms with E-state index in [4.69, 9.17) is 0 Å². The zero-order chi connectivity index (χ0) is 18.6. The van der Waals surface area contributed by atoms with Crippen LogP contribution in [0.5, 0.6) is 0 Å². The van der Waals surface area contributed by atoms with Gasteiger partial charge in [0.15, 0.2) is 0 Å². The molecule has 2 aromatic rings. The van der Waals surface area contributed by atoms with Crippen molar-refractivity contribution in [3.8, 4) is 0 Å². The van der Waals surface area contributed by atoms with Crippen LogP contribution in [0.25, 0.3) is 6.08 Å². The molecule has 0 heterocycles. The highest BCUT2D eigenvalue weighted by Crippen LogP contribution is 2.22. The Morgan fingerprint density at radius 3 is 2.24 bits per heavy atom. The molecule has 2 rings (SSSR count). The molecule has 1 atom stereocenters. The SMILES string of the molecule is Cc1ccc([C@@H](C)NC(=O)/C=C/c2ccc(C(C)(C)C)cc2)c(C)c1. The number of benzene rings is 2. The lowest BCUT2D eigenvalue weighted by molar-refractivity contribution is -0.117. The Hall–Kier alpha value is -2.35. The molecule has 0 aliphatic heterocycles. The number of amides is 1. The van der Waals surface area contributed by atoms with Crippen molar-refractivity contribution in [3.63, 3.8) is 0 Å². The molecule has 0 spiro atoms. The van der Waals surface area contributed by atoms with Gasteiger partial charge in [-0.3, -0.25) is 4.79 Å². The van der Waals surface area contributed by atoms with E-state index in [9.17, 15) is 4.79 Å². The lowest BCUT2D eigenvalue weighted by atomic mass is 9.87. The van der Waals surface area contributed by atoms with Crippen molar-refractivity contribution in [3.05, 3.63) is 76.4 Å². The van der Waals surface area contributed by atoms with Crippen LogP contribution in [0.3, 0.4) is 0 Å². The number of rotatable bonds is 4. The lowest BCUT2D eigenvalue weighted by Gasteiger charge is -2.18. The monoisotopic (exact) mass is 335 g/mol. The fourth-order valence-corrected chi connectivity index (χ4v) is 2.92. The molecule has 2 aromatic carbocycles. The maximum absolute atomic E-state index is 12.2. The molecule has 0 aromatic heterocycles. The molecule has 132 valence electrons. The van der Waals surface area contributed by atoms with Crippen LogP contribution in [0.15, 0.2) is 48.5 Å². The van der Waals surface area contributed by atoms with E-state index in [0.717, 1.165) is 11.1 Å². The second-order valence-electron chi connectivity index (χ2n) is 7.80. The van der Waals surface area contributed by atoms with E-state index >= 15 is 0 Å². The maximum Gasteiger partial charge on any atom is 0.244 e. The van der Waals surface area contributed by atoms with Crippen molar-refractivity contribution in [2.75, 3.05) is 0 Å². The van der Waals surface area contributed by atoms with Crippen LogP contribution in [-0.2, 0) is 10.2 Å². The third-order valence-electron chi connectivity index (χ3n) is 4.45. The largest absolute Gasteiger partial charge is 0.346 e. The van der Waals surface area contributed by atoms with Gasteiger partial charge in [-0.2, -0.15) is 0 Å². The highest BCUT2D eigenvalue weighted by Gasteiger charge is 2.13. The molecule has 1 N–H and O–H groups in total. The average molecular weight is 335 g/mol. The molecule has 0 bridgehead atoms. The summed E-state index contributed by atoms with van der Waals surface area (Å²) in [5.74, 6) is -0.0765. The van der Waals surface area contributed by atoms with Crippen LogP contribution < -0.4 is 5.32 Å². The predicted octanol–water partition coefficient (Wildman–Crippen LogP) is 5.49. The highest BCUT2D eigenvalue weighted by molar-refractivity contribution is 5.92. The minimum absolute atomic E-state index is 0.0129. The van der Waals surface area contributed by atoms with Gasteiger partial charge < -0.3 is 5.32 Å². The molecule has 2 nitrogen and oxygen atoms in total. The molecule has 0 radical (unpaired) electrons. The molecule has 0 aliphatic carbocycles. The average Bonchev–Trinajstić information content (AvgIpc) is 2.52. The summed E-state index contributed by atoms with van der Waals surface area (Å²) in [6.07, 6.45) is 3.46. The summed E-state index contributed by atoms with van der Waals surface area (Å²) in [5, 5.41) is 3.04. The van der Waals surface area contributed by atoms with Gasteiger partial charge in [-0.15, -0.1) is 0 Å². The van der Waals surface area contributed by atoms with Gasteiger partial charge in [0.05, 0.1) is 6.04 Å². The molecule has 0 saturated carbocycles. The van der Waals surface area contributed by atoms with Gasteiger partial charge in [0.2, 0.25) is 5.91 Å². The summed E-state index contributed by atoms with van der Waals surface area (Å²) in [6, 6.07) is 14.6. The summed E-state index contributed by atoms with van der Waals surface area (Å²) in [4.78, 5) is 12.2. The van der Waals surface area contributed by atoms with Crippen molar-refractivity contribution < 1.29 is 4.79 Å². The summed E-state index contributed by atoms with van der Waals surface area (Å²) in [7, 11) is 0. The van der Waals surface area contributed by atoms with E-state index in [2.05, 4.69) is 82.4 Å². The fraction of sp³-hybridized carbons (Fsp3) is 0.348. The molecule has 0 aliphatic rings. The van der Waals surface area contributed by atoms with E-state index in [0.29, 0.717) is 0 Å². The minimum atomic E-state index is -0.0765. The zero-order valence-electron chi connectivity index (χ0n) is 16.2. The second kappa shape index (κ2) is 7.69. The van der Waals surface area contributed by atoms with Crippen molar-refractivity contribution >= 4 is 12.0 Å². The highest BCUT2D eigenvalue weighted by atomic mass is 16.1. The van der Waals surface area contributed by atoms with Crippen molar-refractivity contribution in [1.82, 2.24) is 5.32 Å². The number of nitrogens with one attached hydrogen (secondary N) is 1. The quantitative estimate of drug-likeness (QED) is 0.735. The first-order chi connectivity index (χ1) is 11.7. The molecule has 0 fully saturated rings. The third kappa shape index (κ3) is 5.32. The van der Waals surface area contributed by atoms with Gasteiger partial charge in [0, 0.05) is 6.08 Å². The van der Waals surface area contributed by atoms with E-state index in [1.54, 1.807) is 6.08 Å². The Labute approximate surface area is 152 Å². The first-order valence-corrected chi connectivity index (χ1v) is 8.83. The van der Waals surface area contributed by atoms with Crippen molar-refractivity contribution in [2.45, 2.75) is 53.0 Å². The van der Waals surface area contributed by atoms with E-state index < -0.39 is 0 Å². The Kier molecular flexibility index (Phi) is 5.84. The molecule has 1 amide bonds. The van der Waals surface area contributed by atoms with Gasteiger partial charge in [-0.1, -0.05) is 68.8 Å². The molecular weight excluding hydrogens is 306 g/mol. The van der Waals surface area contributed by atoms with Gasteiger partial charge in [-0.25, -0.2) is 0 Å². The van der Waals surface area contributed by atoms with Crippen molar-refractivity contribution in [1.29, 1.82) is 0 Å². The number of aryl methyl sites for hydroxylation is 2. The smallest absolute Gasteiger partial charge is 0.244 e. The number of hydrogen-bond acceptors (Lipinski definition) is 1. The lowest BCUT2D eigenvalue weighted by Crippen LogP contribution is -2.25. The van der Waals surface area contributed by atoms with Gasteiger partial charge in [0.25, 0.3) is 0 Å². The van der Waals surface area contributed by atoms with Crippen LogP contribution in [0.2, 0.25) is 0 Å². The van der Waals surface area contributed by atoms with Crippen LogP contribution in [0.4, 0.5) is 0 Å². The Bertz CT molecular complexity index is 764. The standard InChI is InChI=1S/C23H29NO/c1-16-7-13-21(17(2)15-16)18(3)24-22(25)14-10-19-8-11-20(12-9-19)23(4,5)6/h7-15,18H,1-6H3,(H,24,25)/b14-10+/t18-/m1/s1. The van der Waals surface area contributed by atoms with Gasteiger partial charge >= 0.3 is 0 Å². The predicted molar refractivity (Wildman–Crippen MR) is 107 cm³/mol. The van der Waals surface area contributed by atoms with Crippen LogP contribution in [0, 0.1) is 13.8 Å². The first kappa shape index (κ1) is 19.0. The second-order valence-corrected chi connectivity index (χ2v) is 7.80. The fourth-order valence-electron chi connectivity index (χ4n) is 2.92. The first-order valence-electron chi connectivity index (χ1n) is 8.83. The summed E-state index contributed by atoms with van der Waals surface area (Å²) in [5.41, 5.74) is 6.05. The summed E-state index contributed by atoms with van der Waals surface area (Å²) < 4.78 is 0. The zero-order valence-corrected chi connectivity index (χ0v) is 16.2. The van der Waals surface area contributed by atoms with Crippen LogP contribution in [-0.4, -0.2) is 5.91 Å². The molecule has 0 unspecified atom stereocenters. The summed E-state index contributed by atoms with van der Waals surface area (Å²) >= 11 is 0. The molecule has 0 saturated heterocycles. The van der Waals surface area contributed by atoms with E-state index in [1.165, 1.54) is 16.7 Å². The normalized spacial score (nSPS) is 13.0. The molecule has 25 heavy (non-hydrogen) atoms. The number of carbonyl (C=O) groups excluding carboxylic acids is 1. The van der Waals surface area contributed by atoms with Gasteiger partial charge in [-0.05, 0) is 54.5 Å². The Morgan fingerprint density at radius 2 is 1.68 bits per heavy atom. The number of hydrogen-bond donors (Lipinski definition) is 1. The number of carbonyl (C=O) groups is 1. The summed E-state index contributed by atoms with van der Waals surface area (Å²) in [6.45, 7) is 12.8. The topological polar surface area (TPSA) is 29.1 Å². The van der Waals surface area contributed by atoms with Crippen molar-refractivity contribution in [2.24, 2.45) is 0 Å². The molecular formula is C23H29NO. The van der Waals surface area contributed by atoms with E-state index in [1.807, 2.05) is 13.0 Å². The van der Waals surface area contributed by atoms with Crippen LogP contribution >= 0.6 is 0 Å². The third-order valence-corrected chi connectivity index (χ3v) is 4.45. The van der Waals surface area contributed by atoms with Crippen LogP contribution in [0.1, 0.15) is 61.6 Å². The Morgan fingerprint density at radius 1 is 1.04 bits per heavy atom. The van der Waals surface area contributed by atoms with E-state index in [-0.39, 0.29) is 17.4 Å². The Balaban J connectivity index is 2.00. The van der Waals surface area contributed by atoms with Gasteiger partial charge in [0.1, 0.15) is 0 Å². The molecule has 2 heteroatoms.